The van der Waals surface area contributed by atoms with Gasteiger partial charge in [-0.15, -0.1) is 0 Å². The molecule has 0 unspecified atom stereocenters. The van der Waals surface area contributed by atoms with Gasteiger partial charge in [-0.2, -0.15) is 0 Å². The molecule has 1 aromatic carbocycles. The van der Waals surface area contributed by atoms with Gasteiger partial charge in [-0.05, 0) is 36.9 Å². The summed E-state index contributed by atoms with van der Waals surface area (Å²) < 4.78 is 10.4. The van der Waals surface area contributed by atoms with Crippen LogP contribution in [-0.2, 0) is 0 Å². The summed E-state index contributed by atoms with van der Waals surface area (Å²) in [7, 11) is 3.12. The number of nitrogens with one attached hydrogen (secondary N) is 1. The van der Waals surface area contributed by atoms with Crippen molar-refractivity contribution in [3.63, 3.8) is 0 Å². The van der Waals surface area contributed by atoms with Gasteiger partial charge in [-0.1, -0.05) is 13.8 Å². The highest BCUT2D eigenvalue weighted by molar-refractivity contribution is 5.97. The van der Waals surface area contributed by atoms with Crippen molar-refractivity contribution in [3.8, 4) is 11.5 Å². The molecule has 1 amide bonds. The predicted octanol–water partition coefficient (Wildman–Crippen LogP) is 2.20. The van der Waals surface area contributed by atoms with Crippen LogP contribution in [0.15, 0.2) is 18.2 Å². The average molecular weight is 294 g/mol. The number of carbonyl (C=O) groups excluding carboxylic acids is 1. The molecule has 0 aliphatic rings. The Balaban J connectivity index is 2.71. The van der Waals surface area contributed by atoms with Gasteiger partial charge in [-0.25, -0.2) is 0 Å². The monoisotopic (exact) mass is 294 g/mol. The van der Waals surface area contributed by atoms with Crippen LogP contribution in [0.2, 0.25) is 0 Å². The number of rotatable bonds is 8. The first-order valence-electron chi connectivity index (χ1n) is 7.14. The highest BCUT2D eigenvalue weighted by atomic mass is 16.5. The average Bonchev–Trinajstić information content (AvgIpc) is 2.50. The van der Waals surface area contributed by atoms with Crippen molar-refractivity contribution >= 4 is 5.91 Å². The Hall–Kier alpha value is -1.75. The molecule has 0 saturated carbocycles. The summed E-state index contributed by atoms with van der Waals surface area (Å²) in [5.41, 5.74) is 6.06. The van der Waals surface area contributed by atoms with Gasteiger partial charge in [0.05, 0.1) is 19.8 Å². The summed E-state index contributed by atoms with van der Waals surface area (Å²) in [5.74, 6) is 1.02. The van der Waals surface area contributed by atoms with Gasteiger partial charge in [0, 0.05) is 12.6 Å². The Morgan fingerprint density at radius 3 is 2.57 bits per heavy atom. The standard InChI is InChI=1S/C16H26N2O3/c1-16(2,8-5-9-17)11-18-15(19)13-7-6-12(20-3)10-14(13)21-4/h6-7,10H,5,8-9,11,17H2,1-4H3,(H,18,19). The second kappa shape index (κ2) is 7.88. The molecule has 3 N–H and O–H groups in total. The summed E-state index contributed by atoms with van der Waals surface area (Å²) in [6.07, 6.45) is 1.93. The van der Waals surface area contributed by atoms with Crippen LogP contribution in [0.25, 0.3) is 0 Å². The van der Waals surface area contributed by atoms with E-state index in [2.05, 4.69) is 19.2 Å². The van der Waals surface area contributed by atoms with Crippen LogP contribution in [0.5, 0.6) is 11.5 Å². The first-order chi connectivity index (χ1) is 9.93. The lowest BCUT2D eigenvalue weighted by atomic mass is 9.87. The molecule has 0 aromatic heterocycles. The molecule has 0 aliphatic carbocycles. The molecular formula is C16H26N2O3. The van der Waals surface area contributed by atoms with E-state index < -0.39 is 0 Å². The highest BCUT2D eigenvalue weighted by Gasteiger charge is 2.20. The minimum atomic E-state index is -0.143. The number of nitrogens with two attached hydrogens (primary N) is 1. The van der Waals surface area contributed by atoms with Crippen molar-refractivity contribution < 1.29 is 14.3 Å². The van der Waals surface area contributed by atoms with Crippen LogP contribution < -0.4 is 20.5 Å². The number of amides is 1. The molecule has 0 radical (unpaired) electrons. The van der Waals surface area contributed by atoms with E-state index in [1.807, 2.05) is 0 Å². The number of hydrogen-bond donors (Lipinski definition) is 2. The van der Waals surface area contributed by atoms with E-state index in [1.54, 1.807) is 25.3 Å². The van der Waals surface area contributed by atoms with E-state index in [0.717, 1.165) is 12.8 Å². The Kier molecular flexibility index (Phi) is 6.49. The molecule has 1 aromatic rings. The van der Waals surface area contributed by atoms with E-state index in [4.69, 9.17) is 15.2 Å². The van der Waals surface area contributed by atoms with E-state index in [0.29, 0.717) is 30.2 Å². The van der Waals surface area contributed by atoms with Crippen molar-refractivity contribution in [1.29, 1.82) is 0 Å². The second-order valence-corrected chi connectivity index (χ2v) is 5.81. The number of carbonyl (C=O) groups is 1. The van der Waals surface area contributed by atoms with Crippen molar-refractivity contribution in [3.05, 3.63) is 23.8 Å². The van der Waals surface area contributed by atoms with Crippen molar-refractivity contribution in [2.45, 2.75) is 26.7 Å². The third kappa shape index (κ3) is 5.27. The lowest BCUT2D eigenvalue weighted by Crippen LogP contribution is -2.34. The first kappa shape index (κ1) is 17.3. The smallest absolute Gasteiger partial charge is 0.255 e. The number of benzene rings is 1. The first-order valence-corrected chi connectivity index (χ1v) is 7.14. The van der Waals surface area contributed by atoms with Crippen LogP contribution >= 0.6 is 0 Å². The molecule has 21 heavy (non-hydrogen) atoms. The summed E-state index contributed by atoms with van der Waals surface area (Å²) in [6.45, 7) is 5.51. The third-order valence-corrected chi connectivity index (χ3v) is 3.44. The maximum atomic E-state index is 12.3. The molecule has 118 valence electrons. The van der Waals surface area contributed by atoms with Gasteiger partial charge in [0.2, 0.25) is 0 Å². The summed E-state index contributed by atoms with van der Waals surface area (Å²) >= 11 is 0. The summed E-state index contributed by atoms with van der Waals surface area (Å²) in [6, 6.07) is 5.16. The van der Waals surface area contributed by atoms with Gasteiger partial charge in [0.1, 0.15) is 11.5 Å². The largest absolute Gasteiger partial charge is 0.497 e. The molecule has 5 nitrogen and oxygen atoms in total. The molecule has 1 rings (SSSR count). The molecule has 0 saturated heterocycles. The van der Waals surface area contributed by atoms with Gasteiger partial charge in [0.25, 0.3) is 5.91 Å². The van der Waals surface area contributed by atoms with Crippen LogP contribution in [0.3, 0.4) is 0 Å². The van der Waals surface area contributed by atoms with Crippen LogP contribution in [0.4, 0.5) is 0 Å². The Morgan fingerprint density at radius 2 is 2.00 bits per heavy atom. The minimum absolute atomic E-state index is 0.0226. The number of ether oxygens (including phenoxy) is 2. The topological polar surface area (TPSA) is 73.6 Å². The molecular weight excluding hydrogens is 268 g/mol. The normalized spacial score (nSPS) is 11.1. The Labute approximate surface area is 126 Å². The zero-order chi connectivity index (χ0) is 15.9. The predicted molar refractivity (Wildman–Crippen MR) is 83.9 cm³/mol. The van der Waals surface area contributed by atoms with Crippen LogP contribution in [-0.4, -0.2) is 33.2 Å². The van der Waals surface area contributed by atoms with Crippen LogP contribution in [0.1, 0.15) is 37.0 Å². The number of methoxy groups -OCH3 is 2. The van der Waals surface area contributed by atoms with Gasteiger partial charge in [-0.3, -0.25) is 4.79 Å². The van der Waals surface area contributed by atoms with Gasteiger partial charge >= 0.3 is 0 Å². The zero-order valence-electron chi connectivity index (χ0n) is 13.4. The quantitative estimate of drug-likeness (QED) is 0.771. The summed E-state index contributed by atoms with van der Waals surface area (Å²) in [5, 5.41) is 2.96. The molecule has 0 fully saturated rings. The summed E-state index contributed by atoms with van der Waals surface area (Å²) in [4.78, 5) is 12.3. The minimum Gasteiger partial charge on any atom is -0.497 e. The van der Waals surface area contributed by atoms with Gasteiger partial charge in [0.15, 0.2) is 0 Å². The van der Waals surface area contributed by atoms with E-state index in [-0.39, 0.29) is 11.3 Å². The fourth-order valence-electron chi connectivity index (χ4n) is 2.07. The molecule has 5 heteroatoms. The molecule has 0 heterocycles. The van der Waals surface area contributed by atoms with Gasteiger partial charge < -0.3 is 20.5 Å². The zero-order valence-corrected chi connectivity index (χ0v) is 13.4. The lowest BCUT2D eigenvalue weighted by Gasteiger charge is -2.25. The van der Waals surface area contributed by atoms with E-state index in [1.165, 1.54) is 7.11 Å². The Morgan fingerprint density at radius 1 is 1.29 bits per heavy atom. The maximum absolute atomic E-state index is 12.3. The SMILES string of the molecule is COc1ccc(C(=O)NCC(C)(C)CCCN)c(OC)c1. The number of hydrogen-bond acceptors (Lipinski definition) is 4. The van der Waals surface area contributed by atoms with Crippen molar-refractivity contribution in [1.82, 2.24) is 5.32 Å². The third-order valence-electron chi connectivity index (χ3n) is 3.44. The molecule has 0 spiro atoms. The molecule has 0 bridgehead atoms. The Bertz CT molecular complexity index is 473. The molecule has 0 aliphatic heterocycles. The van der Waals surface area contributed by atoms with Crippen molar-refractivity contribution in [2.24, 2.45) is 11.1 Å². The lowest BCUT2D eigenvalue weighted by molar-refractivity contribution is 0.0931. The second-order valence-electron chi connectivity index (χ2n) is 5.81. The highest BCUT2D eigenvalue weighted by Crippen LogP contribution is 2.25. The van der Waals surface area contributed by atoms with E-state index in [9.17, 15) is 4.79 Å². The fraction of sp³-hybridized carbons (Fsp3) is 0.562. The fourth-order valence-corrected chi connectivity index (χ4v) is 2.07. The van der Waals surface area contributed by atoms with E-state index >= 15 is 0 Å². The maximum Gasteiger partial charge on any atom is 0.255 e. The van der Waals surface area contributed by atoms with Crippen molar-refractivity contribution in [2.75, 3.05) is 27.3 Å². The van der Waals surface area contributed by atoms with Crippen LogP contribution in [0, 0.1) is 5.41 Å². The molecule has 0 atom stereocenters.